The topological polar surface area (TPSA) is 89.9 Å². The van der Waals surface area contributed by atoms with E-state index in [1.165, 1.54) is 9.80 Å². The first-order valence-electron chi connectivity index (χ1n) is 10.8. The Balaban J connectivity index is 1.77. The number of carbonyl (C=O) groups excluding carboxylic acids is 2. The van der Waals surface area contributed by atoms with Gasteiger partial charge in [-0.25, -0.2) is 4.79 Å². The van der Waals surface area contributed by atoms with Crippen LogP contribution in [0.1, 0.15) is 48.5 Å². The molecule has 2 atom stereocenters. The van der Waals surface area contributed by atoms with Crippen molar-refractivity contribution in [3.05, 3.63) is 35.4 Å². The predicted octanol–water partition coefficient (Wildman–Crippen LogP) is 3.05. The number of amides is 2. The molecular formula is C22H28F3N3O4S. The summed E-state index contributed by atoms with van der Waals surface area (Å²) in [4.78, 5) is 40.9. The number of halogens is 3. The molecule has 182 valence electrons. The molecule has 2 fully saturated rings. The zero-order valence-corrected chi connectivity index (χ0v) is 19.3. The highest BCUT2D eigenvalue weighted by Crippen LogP contribution is 2.36. The third kappa shape index (κ3) is 5.13. The molecule has 7 nitrogen and oxygen atoms in total. The standard InChI is InChI=1S/C22H28F3N3O4S/c1-3-17(20(31)32)28-19(30)16(8-13-33-2)26-21(28)9-11-27(12-10-21)18(29)14-4-6-15(7-5-14)22(23,24)25/h4-7,16-17,26H,3,8-13H2,1-2H3,(H,31,32). The van der Waals surface area contributed by atoms with Crippen molar-refractivity contribution in [2.24, 2.45) is 0 Å². The van der Waals surface area contributed by atoms with Gasteiger partial charge in [0.15, 0.2) is 0 Å². The number of carboxylic acid groups (broad SMARTS) is 1. The third-order valence-corrected chi connectivity index (χ3v) is 7.01. The molecule has 0 aromatic heterocycles. The largest absolute Gasteiger partial charge is 0.480 e. The zero-order chi connectivity index (χ0) is 24.4. The van der Waals surface area contributed by atoms with Crippen LogP contribution in [0.3, 0.4) is 0 Å². The molecule has 3 rings (SSSR count). The van der Waals surface area contributed by atoms with Crippen molar-refractivity contribution in [3.63, 3.8) is 0 Å². The van der Waals surface area contributed by atoms with Crippen molar-refractivity contribution < 1.29 is 32.7 Å². The van der Waals surface area contributed by atoms with Gasteiger partial charge >= 0.3 is 12.1 Å². The molecule has 2 aliphatic heterocycles. The minimum atomic E-state index is -4.48. The van der Waals surface area contributed by atoms with E-state index in [1.807, 2.05) is 6.26 Å². The smallest absolute Gasteiger partial charge is 0.416 e. The molecule has 0 aliphatic carbocycles. The fourth-order valence-corrected chi connectivity index (χ4v) is 5.11. The van der Waals surface area contributed by atoms with Crippen molar-refractivity contribution in [2.45, 2.75) is 56.5 Å². The monoisotopic (exact) mass is 487 g/mol. The second-order valence-corrected chi connectivity index (χ2v) is 9.33. The van der Waals surface area contributed by atoms with Crippen LogP contribution in [0.2, 0.25) is 0 Å². The van der Waals surface area contributed by atoms with E-state index in [2.05, 4.69) is 5.32 Å². The second-order valence-electron chi connectivity index (χ2n) is 8.35. The van der Waals surface area contributed by atoms with E-state index in [4.69, 9.17) is 0 Å². The molecule has 2 N–H and O–H groups in total. The van der Waals surface area contributed by atoms with Gasteiger partial charge in [-0.3, -0.25) is 14.9 Å². The molecule has 2 unspecified atom stereocenters. The van der Waals surface area contributed by atoms with E-state index in [1.54, 1.807) is 18.7 Å². The summed E-state index contributed by atoms with van der Waals surface area (Å²) in [5.74, 6) is -0.948. The number of hydrogen-bond donors (Lipinski definition) is 2. The second kappa shape index (κ2) is 9.92. The van der Waals surface area contributed by atoms with Gasteiger partial charge in [0.25, 0.3) is 5.91 Å². The highest BCUT2D eigenvalue weighted by atomic mass is 32.2. The van der Waals surface area contributed by atoms with Gasteiger partial charge in [0, 0.05) is 31.5 Å². The molecule has 2 aliphatic rings. The summed E-state index contributed by atoms with van der Waals surface area (Å²) in [6.07, 6.45) is -1.04. The fourth-order valence-electron chi connectivity index (χ4n) is 4.63. The molecule has 2 heterocycles. The number of aliphatic carboxylic acids is 1. The summed E-state index contributed by atoms with van der Waals surface area (Å²) >= 11 is 1.60. The Morgan fingerprint density at radius 3 is 2.33 bits per heavy atom. The molecular weight excluding hydrogens is 459 g/mol. The van der Waals surface area contributed by atoms with E-state index < -0.39 is 41.4 Å². The van der Waals surface area contributed by atoms with Crippen LogP contribution < -0.4 is 5.32 Å². The number of likely N-dealkylation sites (tertiary alicyclic amines) is 1. The highest BCUT2D eigenvalue weighted by Gasteiger charge is 2.55. The van der Waals surface area contributed by atoms with E-state index in [0.29, 0.717) is 19.3 Å². The molecule has 1 spiro atoms. The van der Waals surface area contributed by atoms with Crippen LogP contribution in [0, 0.1) is 0 Å². The summed E-state index contributed by atoms with van der Waals surface area (Å²) in [6.45, 7) is 2.22. The third-order valence-electron chi connectivity index (χ3n) is 6.37. The van der Waals surface area contributed by atoms with Crippen LogP contribution in [0.4, 0.5) is 13.2 Å². The minimum Gasteiger partial charge on any atom is -0.480 e. The molecule has 1 aromatic carbocycles. The van der Waals surface area contributed by atoms with Crippen LogP contribution in [0.25, 0.3) is 0 Å². The Labute approximate surface area is 194 Å². The molecule has 2 saturated heterocycles. The van der Waals surface area contributed by atoms with E-state index in [0.717, 1.165) is 30.0 Å². The molecule has 33 heavy (non-hydrogen) atoms. The fraction of sp³-hybridized carbons (Fsp3) is 0.591. The number of rotatable bonds is 7. The minimum absolute atomic E-state index is 0.154. The molecule has 0 radical (unpaired) electrons. The van der Waals surface area contributed by atoms with Crippen molar-refractivity contribution in [3.8, 4) is 0 Å². The average Bonchev–Trinajstić information content (AvgIpc) is 3.03. The Morgan fingerprint density at radius 2 is 1.85 bits per heavy atom. The highest BCUT2D eigenvalue weighted by molar-refractivity contribution is 7.98. The van der Waals surface area contributed by atoms with E-state index in [9.17, 15) is 32.7 Å². The normalized spacial score (nSPS) is 21.5. The van der Waals surface area contributed by atoms with Crippen molar-refractivity contribution in [1.29, 1.82) is 0 Å². The number of thioether (sulfide) groups is 1. The number of carbonyl (C=O) groups is 3. The summed E-state index contributed by atoms with van der Waals surface area (Å²) in [5, 5.41) is 13.1. The van der Waals surface area contributed by atoms with Gasteiger partial charge in [-0.1, -0.05) is 6.92 Å². The first-order valence-corrected chi connectivity index (χ1v) is 12.2. The van der Waals surface area contributed by atoms with Crippen molar-refractivity contribution in [2.75, 3.05) is 25.1 Å². The number of carboxylic acids is 1. The van der Waals surface area contributed by atoms with Crippen LogP contribution in [0.5, 0.6) is 0 Å². The van der Waals surface area contributed by atoms with Crippen LogP contribution in [-0.2, 0) is 15.8 Å². The van der Waals surface area contributed by atoms with Gasteiger partial charge in [0.1, 0.15) is 6.04 Å². The van der Waals surface area contributed by atoms with Gasteiger partial charge in [-0.05, 0) is 49.1 Å². The molecule has 11 heteroatoms. The summed E-state index contributed by atoms with van der Waals surface area (Å²) < 4.78 is 38.4. The number of hydrogen-bond acceptors (Lipinski definition) is 5. The lowest BCUT2D eigenvalue weighted by Gasteiger charge is -2.46. The van der Waals surface area contributed by atoms with E-state index >= 15 is 0 Å². The molecule has 0 saturated carbocycles. The maximum absolute atomic E-state index is 13.2. The zero-order valence-electron chi connectivity index (χ0n) is 18.5. The lowest BCUT2D eigenvalue weighted by Crippen LogP contribution is -2.63. The van der Waals surface area contributed by atoms with Crippen LogP contribution in [-0.4, -0.2) is 75.5 Å². The van der Waals surface area contributed by atoms with Gasteiger partial charge < -0.3 is 14.9 Å². The Kier molecular flexibility index (Phi) is 7.62. The lowest BCUT2D eigenvalue weighted by atomic mass is 9.93. The Morgan fingerprint density at radius 1 is 1.24 bits per heavy atom. The maximum atomic E-state index is 13.2. The summed E-state index contributed by atoms with van der Waals surface area (Å²) in [7, 11) is 0. The predicted molar refractivity (Wildman–Crippen MR) is 118 cm³/mol. The van der Waals surface area contributed by atoms with Gasteiger partial charge in [0.05, 0.1) is 17.3 Å². The number of nitrogens with zero attached hydrogens (tertiary/aromatic N) is 2. The molecule has 2 amide bonds. The van der Waals surface area contributed by atoms with Gasteiger partial charge in [-0.15, -0.1) is 0 Å². The quantitative estimate of drug-likeness (QED) is 0.615. The van der Waals surface area contributed by atoms with E-state index in [-0.39, 0.29) is 31.0 Å². The lowest BCUT2D eigenvalue weighted by molar-refractivity contribution is -0.154. The number of piperidine rings is 1. The Hall–Kier alpha value is -2.27. The number of nitrogens with one attached hydrogen (secondary N) is 1. The van der Waals surface area contributed by atoms with Gasteiger partial charge in [-0.2, -0.15) is 24.9 Å². The molecule has 1 aromatic rings. The van der Waals surface area contributed by atoms with Gasteiger partial charge in [0.2, 0.25) is 5.91 Å². The molecule has 0 bridgehead atoms. The number of alkyl halides is 3. The maximum Gasteiger partial charge on any atom is 0.416 e. The SMILES string of the molecule is CCC(C(=O)O)N1C(=O)C(CCSC)NC12CCN(C(=O)c1ccc(C(F)(F)F)cc1)CC2. The first-order chi connectivity index (χ1) is 15.5. The van der Waals surface area contributed by atoms with Crippen LogP contribution in [0.15, 0.2) is 24.3 Å². The number of benzene rings is 1. The van der Waals surface area contributed by atoms with Crippen molar-refractivity contribution >= 4 is 29.5 Å². The Bertz CT molecular complexity index is 886. The summed E-state index contributed by atoms with van der Waals surface area (Å²) in [5.41, 5.74) is -1.53. The summed E-state index contributed by atoms with van der Waals surface area (Å²) in [6, 6.07) is 2.63. The average molecular weight is 488 g/mol. The van der Waals surface area contributed by atoms with Crippen LogP contribution >= 0.6 is 11.8 Å². The van der Waals surface area contributed by atoms with Crippen molar-refractivity contribution in [1.82, 2.24) is 15.1 Å². The first kappa shape index (κ1) is 25.4.